The Bertz CT molecular complexity index is 841. The van der Waals surface area contributed by atoms with Gasteiger partial charge in [-0.2, -0.15) is 5.26 Å². The number of halogens is 1. The molecule has 5 heteroatoms. The number of hydrogen-bond donors (Lipinski definition) is 0. The maximum absolute atomic E-state index is 13.0. The van der Waals surface area contributed by atoms with Crippen LogP contribution in [-0.2, 0) is 9.53 Å². The lowest BCUT2D eigenvalue weighted by Crippen LogP contribution is -2.23. The average molecular weight is 354 g/mol. The van der Waals surface area contributed by atoms with E-state index in [1.807, 2.05) is 6.07 Å². The SMILES string of the molecule is CCOC(=O)C1(C#N)C(C(=O)c2ccccc2)C1c1ccc(Cl)cc1. The molecule has 0 amide bonds. The summed E-state index contributed by atoms with van der Waals surface area (Å²) in [6.07, 6.45) is 0. The van der Waals surface area contributed by atoms with Crippen LogP contribution in [0.2, 0.25) is 5.02 Å². The van der Waals surface area contributed by atoms with Crippen molar-refractivity contribution in [1.29, 1.82) is 5.26 Å². The van der Waals surface area contributed by atoms with Crippen LogP contribution in [0.5, 0.6) is 0 Å². The van der Waals surface area contributed by atoms with Gasteiger partial charge in [0, 0.05) is 16.5 Å². The summed E-state index contributed by atoms with van der Waals surface area (Å²) in [5, 5.41) is 10.3. The number of rotatable bonds is 5. The highest BCUT2D eigenvalue weighted by atomic mass is 35.5. The molecule has 3 unspecified atom stereocenters. The minimum atomic E-state index is -1.49. The molecule has 4 nitrogen and oxygen atoms in total. The van der Waals surface area contributed by atoms with E-state index < -0.39 is 23.2 Å². The fourth-order valence-electron chi connectivity index (χ4n) is 3.34. The molecule has 3 atom stereocenters. The number of ketones is 1. The number of carbonyl (C=O) groups excluding carboxylic acids is 2. The van der Waals surface area contributed by atoms with Crippen LogP contribution in [0.25, 0.3) is 0 Å². The van der Waals surface area contributed by atoms with Gasteiger partial charge in [-0.15, -0.1) is 0 Å². The van der Waals surface area contributed by atoms with Crippen LogP contribution in [0.1, 0.15) is 28.8 Å². The molecule has 0 N–H and O–H groups in total. The zero-order valence-corrected chi connectivity index (χ0v) is 14.4. The predicted molar refractivity (Wildman–Crippen MR) is 93.1 cm³/mol. The summed E-state index contributed by atoms with van der Waals surface area (Å²) in [6, 6.07) is 17.6. The van der Waals surface area contributed by atoms with Gasteiger partial charge in [0.1, 0.15) is 0 Å². The van der Waals surface area contributed by atoms with Crippen LogP contribution in [0.3, 0.4) is 0 Å². The van der Waals surface area contributed by atoms with Gasteiger partial charge in [0.25, 0.3) is 0 Å². The highest BCUT2D eigenvalue weighted by Crippen LogP contribution is 2.66. The Morgan fingerprint density at radius 3 is 2.36 bits per heavy atom. The Morgan fingerprint density at radius 2 is 1.80 bits per heavy atom. The lowest BCUT2D eigenvalue weighted by Gasteiger charge is -2.08. The third-order valence-electron chi connectivity index (χ3n) is 4.57. The normalized spacial score (nSPS) is 24.2. The molecule has 1 fully saturated rings. The second kappa shape index (κ2) is 6.70. The maximum Gasteiger partial charge on any atom is 0.327 e. The van der Waals surface area contributed by atoms with Gasteiger partial charge in [-0.1, -0.05) is 54.1 Å². The molecule has 2 aromatic carbocycles. The first kappa shape index (κ1) is 17.2. The lowest BCUT2D eigenvalue weighted by molar-refractivity contribution is -0.147. The molecule has 1 aliphatic rings. The number of benzene rings is 2. The summed E-state index contributed by atoms with van der Waals surface area (Å²) in [5.74, 6) is -2.18. The van der Waals surface area contributed by atoms with Gasteiger partial charge >= 0.3 is 5.97 Å². The van der Waals surface area contributed by atoms with E-state index >= 15 is 0 Å². The molecule has 126 valence electrons. The first-order valence-corrected chi connectivity index (χ1v) is 8.37. The highest BCUT2D eigenvalue weighted by molar-refractivity contribution is 6.30. The van der Waals surface area contributed by atoms with E-state index in [2.05, 4.69) is 6.07 Å². The third kappa shape index (κ3) is 2.81. The number of ether oxygens (including phenoxy) is 1. The molecule has 0 heterocycles. The standard InChI is InChI=1S/C20H16ClNO3/c1-2-25-19(24)20(12-22)16(13-8-10-15(21)11-9-13)17(20)18(23)14-6-4-3-5-7-14/h3-11,16-17H,2H2,1H3. The van der Waals surface area contributed by atoms with E-state index in [1.165, 1.54) is 0 Å². The van der Waals surface area contributed by atoms with Crippen LogP contribution in [-0.4, -0.2) is 18.4 Å². The minimum absolute atomic E-state index is 0.155. The second-order valence-corrected chi connectivity index (χ2v) is 6.37. The second-order valence-electron chi connectivity index (χ2n) is 5.94. The van der Waals surface area contributed by atoms with Crippen molar-refractivity contribution in [1.82, 2.24) is 0 Å². The van der Waals surface area contributed by atoms with E-state index in [0.29, 0.717) is 10.6 Å². The van der Waals surface area contributed by atoms with E-state index in [9.17, 15) is 14.9 Å². The Morgan fingerprint density at radius 1 is 1.16 bits per heavy atom. The van der Waals surface area contributed by atoms with Crippen molar-refractivity contribution in [2.45, 2.75) is 12.8 Å². The first-order chi connectivity index (χ1) is 12.1. The average Bonchev–Trinajstić information content (AvgIpc) is 3.33. The molecule has 0 bridgehead atoms. The van der Waals surface area contributed by atoms with E-state index in [4.69, 9.17) is 16.3 Å². The molecular formula is C20H16ClNO3. The molecule has 1 aliphatic carbocycles. The van der Waals surface area contributed by atoms with Crippen LogP contribution in [0.15, 0.2) is 54.6 Å². The fourth-order valence-corrected chi connectivity index (χ4v) is 3.47. The largest absolute Gasteiger partial charge is 0.465 e. The zero-order valence-electron chi connectivity index (χ0n) is 13.6. The van der Waals surface area contributed by atoms with Gasteiger partial charge in [0.05, 0.1) is 18.6 Å². The lowest BCUT2D eigenvalue weighted by atomic mass is 9.99. The predicted octanol–water partition coefficient (Wildman–Crippen LogP) is 4.01. The summed E-state index contributed by atoms with van der Waals surface area (Å²) < 4.78 is 5.11. The fraction of sp³-hybridized carbons (Fsp3) is 0.250. The van der Waals surface area contributed by atoms with Crippen molar-refractivity contribution in [2.24, 2.45) is 11.3 Å². The quantitative estimate of drug-likeness (QED) is 0.601. The van der Waals surface area contributed by atoms with Crippen molar-refractivity contribution in [3.05, 3.63) is 70.7 Å². The van der Waals surface area contributed by atoms with Gasteiger partial charge < -0.3 is 4.74 Å². The van der Waals surface area contributed by atoms with Crippen LogP contribution in [0, 0.1) is 22.7 Å². The zero-order chi connectivity index (χ0) is 18.0. The van der Waals surface area contributed by atoms with Gasteiger partial charge in [0.15, 0.2) is 11.2 Å². The summed E-state index contributed by atoms with van der Waals surface area (Å²) in [5.41, 5.74) is -0.280. The molecule has 0 aliphatic heterocycles. The van der Waals surface area contributed by atoms with Gasteiger partial charge in [0.2, 0.25) is 0 Å². The molecule has 0 radical (unpaired) electrons. The monoisotopic (exact) mass is 353 g/mol. The van der Waals surface area contributed by atoms with Crippen molar-refractivity contribution >= 4 is 23.4 Å². The molecule has 25 heavy (non-hydrogen) atoms. The van der Waals surface area contributed by atoms with E-state index in [0.717, 1.165) is 5.56 Å². The number of nitriles is 1. The van der Waals surface area contributed by atoms with Crippen molar-refractivity contribution in [2.75, 3.05) is 6.61 Å². The van der Waals surface area contributed by atoms with Crippen LogP contribution >= 0.6 is 11.6 Å². The molecule has 0 spiro atoms. The number of esters is 1. The van der Waals surface area contributed by atoms with Crippen molar-refractivity contribution in [3.8, 4) is 6.07 Å². The molecular weight excluding hydrogens is 338 g/mol. The summed E-state index contributed by atoms with van der Waals surface area (Å²) in [6.45, 7) is 1.83. The number of nitrogens with zero attached hydrogens (tertiary/aromatic N) is 1. The molecule has 0 aromatic heterocycles. The van der Waals surface area contributed by atoms with Gasteiger partial charge in [-0.05, 0) is 24.6 Å². The van der Waals surface area contributed by atoms with E-state index in [1.54, 1.807) is 55.5 Å². The van der Waals surface area contributed by atoms with Gasteiger partial charge in [-0.25, -0.2) is 0 Å². The smallest absolute Gasteiger partial charge is 0.327 e. The molecule has 3 rings (SSSR count). The number of carbonyl (C=O) groups is 2. The van der Waals surface area contributed by atoms with Crippen molar-refractivity contribution < 1.29 is 14.3 Å². The summed E-state index contributed by atoms with van der Waals surface area (Å²) in [7, 11) is 0. The third-order valence-corrected chi connectivity index (χ3v) is 4.83. The summed E-state index contributed by atoms with van der Waals surface area (Å²) >= 11 is 5.93. The highest BCUT2D eigenvalue weighted by Gasteiger charge is 2.75. The Kier molecular flexibility index (Phi) is 4.61. The Balaban J connectivity index is 2.04. The maximum atomic E-state index is 13.0. The topological polar surface area (TPSA) is 67.2 Å². The number of Topliss-reactive ketones (excluding diaryl/α,β-unsaturated/α-hetero) is 1. The van der Waals surface area contributed by atoms with E-state index in [-0.39, 0.29) is 12.4 Å². The Hall–Kier alpha value is -2.64. The number of hydrogen-bond acceptors (Lipinski definition) is 4. The minimum Gasteiger partial charge on any atom is -0.465 e. The Labute approximate surface area is 151 Å². The molecule has 2 aromatic rings. The summed E-state index contributed by atoms with van der Waals surface area (Å²) in [4.78, 5) is 25.5. The van der Waals surface area contributed by atoms with Crippen LogP contribution < -0.4 is 0 Å². The van der Waals surface area contributed by atoms with Crippen molar-refractivity contribution in [3.63, 3.8) is 0 Å². The molecule has 0 saturated heterocycles. The van der Waals surface area contributed by atoms with Gasteiger partial charge in [-0.3, -0.25) is 9.59 Å². The first-order valence-electron chi connectivity index (χ1n) is 7.99. The molecule has 1 saturated carbocycles. The van der Waals surface area contributed by atoms with Crippen LogP contribution in [0.4, 0.5) is 0 Å².